The summed E-state index contributed by atoms with van der Waals surface area (Å²) in [6.07, 6.45) is 0.0974. The number of hydrogen-bond donors (Lipinski definition) is 0. The molecule has 1 aromatic carbocycles. The minimum absolute atomic E-state index is 0.0716. The van der Waals surface area contributed by atoms with Crippen molar-refractivity contribution in [1.82, 2.24) is 4.90 Å². The van der Waals surface area contributed by atoms with Gasteiger partial charge in [-0.05, 0) is 18.6 Å². The van der Waals surface area contributed by atoms with Crippen molar-refractivity contribution in [2.75, 3.05) is 14.2 Å². The normalized spacial score (nSPS) is 24.1. The third-order valence-corrected chi connectivity index (χ3v) is 6.59. The van der Waals surface area contributed by atoms with Gasteiger partial charge in [-0.25, -0.2) is 13.2 Å². The smallest absolute Gasteiger partial charge is 0.335 e. The summed E-state index contributed by atoms with van der Waals surface area (Å²) >= 11 is 0. The number of esters is 1. The molecule has 122 valence electrons. The van der Waals surface area contributed by atoms with Gasteiger partial charge >= 0.3 is 5.97 Å². The lowest BCUT2D eigenvalue weighted by atomic mass is 10.0. The standard InChI is InChI=1S/C16H17NO5S/c1-17-12-9-14(23(20,21)10-6-4-3-5-7-10)15(17)11(8-13(12)18)16(19)22-2/h3-7,12,14H,8-9H2,1-2H3. The molecule has 23 heavy (non-hydrogen) atoms. The third-order valence-electron chi connectivity index (χ3n) is 4.50. The summed E-state index contributed by atoms with van der Waals surface area (Å²) in [7, 11) is -0.806. The van der Waals surface area contributed by atoms with Gasteiger partial charge in [-0.15, -0.1) is 0 Å². The van der Waals surface area contributed by atoms with E-state index in [0.29, 0.717) is 5.70 Å². The highest BCUT2D eigenvalue weighted by Crippen LogP contribution is 2.41. The van der Waals surface area contributed by atoms with Crippen LogP contribution in [0.3, 0.4) is 0 Å². The van der Waals surface area contributed by atoms with Crippen molar-refractivity contribution in [3.8, 4) is 0 Å². The molecule has 2 aliphatic rings. The van der Waals surface area contributed by atoms with E-state index in [4.69, 9.17) is 4.74 Å². The summed E-state index contributed by atoms with van der Waals surface area (Å²) in [5.74, 6) is -0.795. The van der Waals surface area contributed by atoms with Crippen LogP contribution < -0.4 is 0 Å². The van der Waals surface area contributed by atoms with Crippen LogP contribution in [0.15, 0.2) is 46.5 Å². The van der Waals surface area contributed by atoms with Gasteiger partial charge in [0.25, 0.3) is 0 Å². The number of carbonyl (C=O) groups is 2. The van der Waals surface area contributed by atoms with E-state index in [-0.39, 0.29) is 29.1 Å². The van der Waals surface area contributed by atoms with Crippen LogP contribution in [0.4, 0.5) is 0 Å². The van der Waals surface area contributed by atoms with Crippen LogP contribution >= 0.6 is 0 Å². The number of fused-ring (bicyclic) bond motifs is 2. The maximum Gasteiger partial charge on any atom is 0.335 e. The molecule has 1 fully saturated rings. The van der Waals surface area contributed by atoms with Crippen LogP contribution in [0.25, 0.3) is 0 Å². The Morgan fingerprint density at radius 1 is 1.26 bits per heavy atom. The highest BCUT2D eigenvalue weighted by atomic mass is 32.2. The summed E-state index contributed by atoms with van der Waals surface area (Å²) in [5, 5.41) is -0.902. The molecule has 2 bridgehead atoms. The Labute approximate surface area is 134 Å². The maximum absolute atomic E-state index is 13.0. The molecule has 0 spiro atoms. The minimum atomic E-state index is -3.68. The Kier molecular flexibility index (Phi) is 3.75. The summed E-state index contributed by atoms with van der Waals surface area (Å²) in [5.41, 5.74) is 0.545. The molecule has 7 heteroatoms. The van der Waals surface area contributed by atoms with Crippen molar-refractivity contribution in [3.05, 3.63) is 41.6 Å². The molecule has 0 amide bonds. The zero-order chi connectivity index (χ0) is 16.8. The maximum atomic E-state index is 13.0. The summed E-state index contributed by atoms with van der Waals surface area (Å²) in [6, 6.07) is 7.59. The first-order valence-electron chi connectivity index (χ1n) is 7.23. The number of carbonyl (C=O) groups excluding carboxylic acids is 2. The number of benzene rings is 1. The van der Waals surface area contributed by atoms with Crippen molar-refractivity contribution in [2.45, 2.75) is 29.0 Å². The van der Waals surface area contributed by atoms with Gasteiger partial charge in [0.2, 0.25) is 0 Å². The van der Waals surface area contributed by atoms with E-state index in [0.717, 1.165) is 0 Å². The predicted octanol–water partition coefficient (Wildman–Crippen LogP) is 0.933. The largest absolute Gasteiger partial charge is 0.466 e. The second kappa shape index (κ2) is 5.49. The number of hydrogen-bond acceptors (Lipinski definition) is 6. The van der Waals surface area contributed by atoms with Crippen LogP contribution in [-0.2, 0) is 24.2 Å². The molecule has 3 rings (SSSR count). The van der Waals surface area contributed by atoms with E-state index in [9.17, 15) is 18.0 Å². The van der Waals surface area contributed by atoms with Crippen LogP contribution in [0.5, 0.6) is 0 Å². The Morgan fingerprint density at radius 2 is 1.91 bits per heavy atom. The first-order chi connectivity index (χ1) is 10.9. The molecule has 0 N–H and O–H groups in total. The second-order valence-corrected chi connectivity index (χ2v) is 7.84. The summed E-state index contributed by atoms with van der Waals surface area (Å²) in [4.78, 5) is 26.0. The molecule has 2 atom stereocenters. The van der Waals surface area contributed by atoms with Crippen molar-refractivity contribution in [1.29, 1.82) is 0 Å². The van der Waals surface area contributed by atoms with Crippen molar-refractivity contribution >= 4 is 21.6 Å². The Bertz CT molecular complexity index is 797. The fourth-order valence-corrected chi connectivity index (χ4v) is 5.26. The van der Waals surface area contributed by atoms with Crippen molar-refractivity contribution in [3.63, 3.8) is 0 Å². The van der Waals surface area contributed by atoms with Gasteiger partial charge in [0.15, 0.2) is 15.6 Å². The second-order valence-electron chi connectivity index (χ2n) is 5.71. The molecule has 6 nitrogen and oxygen atoms in total. The van der Waals surface area contributed by atoms with Gasteiger partial charge in [-0.3, -0.25) is 4.79 Å². The number of sulfone groups is 1. The molecular formula is C16H17NO5S. The number of Topliss-reactive ketones (excluding diaryl/α,β-unsaturated/α-hetero) is 1. The van der Waals surface area contributed by atoms with Gasteiger partial charge in [-0.1, -0.05) is 18.2 Å². The van der Waals surface area contributed by atoms with E-state index in [1.54, 1.807) is 30.1 Å². The average Bonchev–Trinajstić information content (AvgIpc) is 2.81. The Balaban J connectivity index is 2.14. The van der Waals surface area contributed by atoms with E-state index in [1.165, 1.54) is 19.2 Å². The van der Waals surface area contributed by atoms with E-state index >= 15 is 0 Å². The van der Waals surface area contributed by atoms with Crippen LogP contribution in [0, 0.1) is 0 Å². The quantitative estimate of drug-likeness (QED) is 0.765. The highest BCUT2D eigenvalue weighted by Gasteiger charge is 2.50. The molecule has 0 aromatic heterocycles. The molecule has 2 unspecified atom stereocenters. The fraction of sp³-hybridized carbons (Fsp3) is 0.375. The lowest BCUT2D eigenvalue weighted by Gasteiger charge is -2.28. The van der Waals surface area contributed by atoms with Crippen LogP contribution in [0.2, 0.25) is 0 Å². The Hall–Kier alpha value is -2.15. The number of likely N-dealkylation sites (N-methyl/N-ethyl adjacent to an activating group) is 1. The van der Waals surface area contributed by atoms with Crippen molar-refractivity contribution in [2.24, 2.45) is 0 Å². The molecule has 1 aromatic rings. The Morgan fingerprint density at radius 3 is 2.52 bits per heavy atom. The molecule has 2 aliphatic heterocycles. The number of ketones is 1. The molecule has 2 heterocycles. The lowest BCUT2D eigenvalue weighted by molar-refractivity contribution is -0.138. The molecule has 0 aliphatic carbocycles. The van der Waals surface area contributed by atoms with Crippen LogP contribution in [-0.4, -0.2) is 50.5 Å². The number of rotatable bonds is 3. The molecule has 0 radical (unpaired) electrons. The van der Waals surface area contributed by atoms with E-state index in [1.807, 2.05) is 0 Å². The first-order valence-corrected chi connectivity index (χ1v) is 8.78. The van der Waals surface area contributed by atoms with Crippen molar-refractivity contribution < 1.29 is 22.7 Å². The predicted molar refractivity (Wildman–Crippen MR) is 82.2 cm³/mol. The molecule has 0 saturated carbocycles. The molecule has 1 saturated heterocycles. The first kappa shape index (κ1) is 15.7. The van der Waals surface area contributed by atoms with Crippen LogP contribution in [0.1, 0.15) is 12.8 Å². The topological polar surface area (TPSA) is 80.8 Å². The number of methoxy groups -OCH3 is 1. The average molecular weight is 335 g/mol. The summed E-state index contributed by atoms with van der Waals surface area (Å²) < 4.78 is 30.7. The zero-order valence-corrected chi connectivity index (χ0v) is 13.7. The number of nitrogens with zero attached hydrogens (tertiary/aromatic N) is 1. The summed E-state index contributed by atoms with van der Waals surface area (Å²) in [6.45, 7) is 0. The SMILES string of the molecule is COC(=O)C1=C2C(S(=O)(=O)c3ccccc3)CC(C(=O)C1)N2C. The lowest BCUT2D eigenvalue weighted by Crippen LogP contribution is -2.38. The van der Waals surface area contributed by atoms with E-state index in [2.05, 4.69) is 0 Å². The highest BCUT2D eigenvalue weighted by molar-refractivity contribution is 7.92. The van der Waals surface area contributed by atoms with Gasteiger partial charge in [0.05, 0.1) is 23.6 Å². The van der Waals surface area contributed by atoms with E-state index < -0.39 is 27.1 Å². The van der Waals surface area contributed by atoms with Gasteiger partial charge in [0, 0.05) is 19.2 Å². The van der Waals surface area contributed by atoms with Gasteiger partial charge < -0.3 is 9.64 Å². The number of ether oxygens (including phenoxy) is 1. The third kappa shape index (κ3) is 2.35. The minimum Gasteiger partial charge on any atom is -0.466 e. The van der Waals surface area contributed by atoms with Gasteiger partial charge in [0.1, 0.15) is 5.25 Å². The van der Waals surface area contributed by atoms with Gasteiger partial charge in [-0.2, -0.15) is 0 Å². The fourth-order valence-electron chi connectivity index (χ4n) is 3.35. The monoisotopic (exact) mass is 335 g/mol. The molecular weight excluding hydrogens is 318 g/mol. The zero-order valence-electron chi connectivity index (χ0n) is 12.9.